The van der Waals surface area contributed by atoms with Crippen LogP contribution in [0.2, 0.25) is 0 Å². The van der Waals surface area contributed by atoms with Crippen LogP contribution in [0, 0.1) is 0 Å². The van der Waals surface area contributed by atoms with E-state index in [9.17, 15) is 4.79 Å². The number of hydrogen-bond acceptors (Lipinski definition) is 3. The van der Waals surface area contributed by atoms with Gasteiger partial charge >= 0.3 is 0 Å². The van der Waals surface area contributed by atoms with Crippen LogP contribution in [0.25, 0.3) is 10.9 Å². The highest BCUT2D eigenvalue weighted by molar-refractivity contribution is 6.18. The van der Waals surface area contributed by atoms with Crippen LogP contribution in [0.15, 0.2) is 36.4 Å². The Hall–Kier alpha value is -1.65. The van der Waals surface area contributed by atoms with Crippen molar-refractivity contribution in [2.24, 2.45) is 0 Å². The van der Waals surface area contributed by atoms with Gasteiger partial charge in [0.05, 0.1) is 24.1 Å². The van der Waals surface area contributed by atoms with Crippen LogP contribution >= 0.6 is 11.6 Å². The molecule has 0 saturated carbocycles. The average molecular weight is 291 g/mol. The minimum absolute atomic E-state index is 0.0610. The molecule has 1 saturated heterocycles. The predicted molar refractivity (Wildman–Crippen MR) is 78.1 cm³/mol. The van der Waals surface area contributed by atoms with Gasteiger partial charge in [-0.05, 0) is 12.1 Å². The Morgan fingerprint density at radius 1 is 1.35 bits per heavy atom. The lowest BCUT2D eigenvalue weighted by molar-refractivity contribution is -0.0110. The third kappa shape index (κ3) is 2.62. The molecule has 0 bridgehead atoms. The largest absolute Gasteiger partial charge is 0.373 e. The van der Waals surface area contributed by atoms with E-state index in [2.05, 4.69) is 4.98 Å². The Morgan fingerprint density at radius 2 is 2.20 bits per heavy atom. The number of hydrogen-bond donors (Lipinski definition) is 0. The van der Waals surface area contributed by atoms with Crippen molar-refractivity contribution < 1.29 is 9.53 Å². The number of fused-ring (bicyclic) bond motifs is 1. The van der Waals surface area contributed by atoms with Crippen molar-refractivity contribution in [1.29, 1.82) is 0 Å². The summed E-state index contributed by atoms with van der Waals surface area (Å²) < 4.78 is 5.47. The van der Waals surface area contributed by atoms with E-state index < -0.39 is 0 Å². The molecule has 4 nitrogen and oxygen atoms in total. The molecular formula is C15H15ClN2O2. The van der Waals surface area contributed by atoms with Gasteiger partial charge in [0.25, 0.3) is 5.91 Å². The average Bonchev–Trinajstić information content (AvgIpc) is 2.53. The molecule has 20 heavy (non-hydrogen) atoms. The lowest BCUT2D eigenvalue weighted by atomic mass is 10.2. The zero-order valence-electron chi connectivity index (χ0n) is 11.0. The summed E-state index contributed by atoms with van der Waals surface area (Å²) in [7, 11) is 0. The quantitative estimate of drug-likeness (QED) is 0.797. The number of pyridine rings is 1. The highest BCUT2D eigenvalue weighted by Gasteiger charge is 2.25. The number of rotatable bonds is 2. The summed E-state index contributed by atoms with van der Waals surface area (Å²) >= 11 is 5.80. The van der Waals surface area contributed by atoms with E-state index in [0.29, 0.717) is 31.3 Å². The normalized spacial score (nSPS) is 19.2. The molecule has 1 aromatic heterocycles. The van der Waals surface area contributed by atoms with E-state index in [-0.39, 0.29) is 12.0 Å². The number of alkyl halides is 1. The highest BCUT2D eigenvalue weighted by atomic mass is 35.5. The fraction of sp³-hybridized carbons (Fsp3) is 0.333. The molecule has 0 radical (unpaired) electrons. The number of carbonyl (C=O) groups excluding carboxylic acids is 1. The molecule has 0 spiro atoms. The molecule has 1 atom stereocenters. The Balaban J connectivity index is 1.84. The maximum atomic E-state index is 12.5. The minimum atomic E-state index is -0.0881. The van der Waals surface area contributed by atoms with E-state index in [1.165, 1.54) is 0 Å². The van der Waals surface area contributed by atoms with Crippen molar-refractivity contribution in [2.45, 2.75) is 6.10 Å². The van der Waals surface area contributed by atoms with E-state index in [1.807, 2.05) is 30.3 Å². The number of benzene rings is 1. The zero-order valence-corrected chi connectivity index (χ0v) is 11.7. The number of amides is 1. The fourth-order valence-corrected chi connectivity index (χ4v) is 2.53. The fourth-order valence-electron chi connectivity index (χ4n) is 2.34. The Kier molecular flexibility index (Phi) is 3.85. The summed E-state index contributed by atoms with van der Waals surface area (Å²) in [4.78, 5) is 18.7. The summed E-state index contributed by atoms with van der Waals surface area (Å²) in [6.45, 7) is 1.63. The van der Waals surface area contributed by atoms with Gasteiger partial charge in [-0.25, -0.2) is 4.98 Å². The number of ether oxygens (including phenoxy) is 1. The van der Waals surface area contributed by atoms with Gasteiger partial charge in [-0.15, -0.1) is 11.6 Å². The lowest BCUT2D eigenvalue weighted by Crippen LogP contribution is -2.46. The highest BCUT2D eigenvalue weighted by Crippen LogP contribution is 2.15. The van der Waals surface area contributed by atoms with Crippen LogP contribution in [0.1, 0.15) is 10.5 Å². The van der Waals surface area contributed by atoms with Crippen LogP contribution in [0.3, 0.4) is 0 Å². The molecule has 1 amide bonds. The van der Waals surface area contributed by atoms with Crippen molar-refractivity contribution in [3.63, 3.8) is 0 Å². The van der Waals surface area contributed by atoms with Crippen LogP contribution in [0.5, 0.6) is 0 Å². The zero-order chi connectivity index (χ0) is 13.9. The maximum Gasteiger partial charge on any atom is 0.272 e. The molecule has 1 unspecified atom stereocenters. The van der Waals surface area contributed by atoms with Crippen molar-refractivity contribution in [3.05, 3.63) is 42.1 Å². The van der Waals surface area contributed by atoms with Crippen LogP contribution < -0.4 is 0 Å². The Bertz CT molecular complexity index is 632. The monoisotopic (exact) mass is 290 g/mol. The topological polar surface area (TPSA) is 42.4 Å². The first-order valence-electron chi connectivity index (χ1n) is 6.60. The van der Waals surface area contributed by atoms with Gasteiger partial charge in [0, 0.05) is 18.5 Å². The predicted octanol–water partition coefficient (Wildman–Crippen LogP) is 2.31. The number of morpholine rings is 1. The Morgan fingerprint density at radius 3 is 3.05 bits per heavy atom. The van der Waals surface area contributed by atoms with Gasteiger partial charge in [-0.3, -0.25) is 4.79 Å². The van der Waals surface area contributed by atoms with E-state index in [0.717, 1.165) is 10.9 Å². The first-order chi connectivity index (χ1) is 9.78. The molecule has 2 aromatic rings. The number of carbonyl (C=O) groups is 1. The number of nitrogens with zero attached hydrogens (tertiary/aromatic N) is 2. The summed E-state index contributed by atoms with van der Waals surface area (Å²) in [5.41, 5.74) is 1.31. The van der Waals surface area contributed by atoms with Crippen molar-refractivity contribution in [2.75, 3.05) is 25.6 Å². The second-order valence-corrected chi connectivity index (χ2v) is 5.10. The third-order valence-electron chi connectivity index (χ3n) is 3.42. The van der Waals surface area contributed by atoms with Gasteiger partial charge in [0.15, 0.2) is 0 Å². The molecule has 104 valence electrons. The van der Waals surface area contributed by atoms with Crippen molar-refractivity contribution in [1.82, 2.24) is 9.88 Å². The van der Waals surface area contributed by atoms with Crippen molar-refractivity contribution >= 4 is 28.4 Å². The molecule has 5 heteroatoms. The van der Waals surface area contributed by atoms with Gasteiger partial charge in [-0.2, -0.15) is 0 Å². The van der Waals surface area contributed by atoms with Crippen molar-refractivity contribution in [3.8, 4) is 0 Å². The number of para-hydroxylation sites is 1. The van der Waals surface area contributed by atoms with Crippen LogP contribution in [-0.2, 0) is 4.74 Å². The van der Waals surface area contributed by atoms with Crippen LogP contribution in [-0.4, -0.2) is 47.5 Å². The maximum absolute atomic E-state index is 12.5. The first-order valence-corrected chi connectivity index (χ1v) is 7.14. The molecular weight excluding hydrogens is 276 g/mol. The number of aromatic nitrogens is 1. The number of halogens is 1. The summed E-state index contributed by atoms with van der Waals surface area (Å²) in [5, 5.41) is 1.03. The molecule has 3 rings (SSSR count). The molecule has 1 fully saturated rings. The first kappa shape index (κ1) is 13.3. The molecule has 1 aliphatic rings. The smallest absolute Gasteiger partial charge is 0.272 e. The van der Waals surface area contributed by atoms with E-state index in [4.69, 9.17) is 16.3 Å². The van der Waals surface area contributed by atoms with Gasteiger partial charge in [-0.1, -0.05) is 24.3 Å². The molecule has 1 aromatic carbocycles. The molecule has 2 heterocycles. The molecule has 0 N–H and O–H groups in total. The Labute approximate surface area is 122 Å². The summed E-state index contributed by atoms with van der Waals surface area (Å²) in [6.07, 6.45) is -0.0881. The van der Waals surface area contributed by atoms with Gasteiger partial charge in [0.1, 0.15) is 5.69 Å². The second-order valence-electron chi connectivity index (χ2n) is 4.79. The lowest BCUT2D eigenvalue weighted by Gasteiger charge is -2.31. The van der Waals surface area contributed by atoms with E-state index in [1.54, 1.807) is 11.0 Å². The molecule has 1 aliphatic heterocycles. The standard InChI is InChI=1S/C15H15ClN2O2/c16-9-12-10-18(7-8-20-12)15(19)14-6-5-11-3-1-2-4-13(11)17-14/h1-6,12H,7-10H2. The van der Waals surface area contributed by atoms with Gasteiger partial charge in [0.2, 0.25) is 0 Å². The van der Waals surface area contributed by atoms with Gasteiger partial charge < -0.3 is 9.64 Å². The summed E-state index contributed by atoms with van der Waals surface area (Å²) in [6, 6.07) is 11.5. The van der Waals surface area contributed by atoms with Crippen LogP contribution in [0.4, 0.5) is 0 Å². The minimum Gasteiger partial charge on any atom is -0.373 e. The third-order valence-corrected chi connectivity index (χ3v) is 3.76. The van der Waals surface area contributed by atoms with E-state index >= 15 is 0 Å². The second kappa shape index (κ2) is 5.77. The summed E-state index contributed by atoms with van der Waals surface area (Å²) in [5.74, 6) is 0.337. The molecule has 0 aliphatic carbocycles. The SMILES string of the molecule is O=C(c1ccc2ccccc2n1)N1CCOC(CCl)C1.